The second-order valence-corrected chi connectivity index (χ2v) is 8.48. The van der Waals surface area contributed by atoms with E-state index < -0.39 is 5.82 Å². The molecule has 0 aromatic heterocycles. The molecule has 168 valence electrons. The Kier molecular flexibility index (Phi) is 5.74. The fourth-order valence-electron chi connectivity index (χ4n) is 3.87. The van der Waals surface area contributed by atoms with E-state index in [0.717, 1.165) is 11.1 Å². The lowest BCUT2D eigenvalue weighted by molar-refractivity contribution is -0.0175. The fraction of sp³-hybridized carbons (Fsp3) is 0.160. The van der Waals surface area contributed by atoms with Crippen LogP contribution in [0.5, 0.6) is 17.2 Å². The summed E-state index contributed by atoms with van der Waals surface area (Å²) in [6, 6.07) is 11.3. The summed E-state index contributed by atoms with van der Waals surface area (Å²) in [7, 11) is 0. The van der Waals surface area contributed by atoms with Gasteiger partial charge in [-0.05, 0) is 48.9 Å². The molecule has 2 aliphatic rings. The highest BCUT2D eigenvalue weighted by Crippen LogP contribution is 2.39. The summed E-state index contributed by atoms with van der Waals surface area (Å²) in [5.74, 6) is 0.652. The van der Waals surface area contributed by atoms with E-state index in [-0.39, 0.29) is 35.5 Å². The highest BCUT2D eigenvalue weighted by Gasteiger charge is 2.30. The van der Waals surface area contributed by atoms with Gasteiger partial charge in [-0.1, -0.05) is 29.3 Å². The van der Waals surface area contributed by atoms with Crippen LogP contribution in [0.3, 0.4) is 0 Å². The number of rotatable bonds is 4. The van der Waals surface area contributed by atoms with Gasteiger partial charge in [-0.3, -0.25) is 4.79 Å². The van der Waals surface area contributed by atoms with E-state index in [2.05, 4.69) is 0 Å². The van der Waals surface area contributed by atoms with Crippen molar-refractivity contribution in [2.45, 2.75) is 20.1 Å². The Morgan fingerprint density at radius 2 is 2.03 bits per heavy atom. The molecule has 8 heteroatoms. The SMILES string of the molecule is Cc1cc(OCc2cc(Cl)cc3c2OCOC3)cc2c1C(=O)/C(=C/c1c(F)cccc1Cl)O2. The van der Waals surface area contributed by atoms with Gasteiger partial charge in [-0.15, -0.1) is 0 Å². The Hall–Kier alpha value is -3.06. The van der Waals surface area contributed by atoms with Gasteiger partial charge in [0.25, 0.3) is 0 Å². The van der Waals surface area contributed by atoms with Crippen LogP contribution < -0.4 is 14.2 Å². The molecule has 2 aliphatic heterocycles. The average molecular weight is 487 g/mol. The van der Waals surface area contributed by atoms with Gasteiger partial charge in [-0.25, -0.2) is 4.39 Å². The van der Waals surface area contributed by atoms with E-state index in [1.165, 1.54) is 18.2 Å². The maximum absolute atomic E-state index is 14.2. The third-order valence-electron chi connectivity index (χ3n) is 5.36. The lowest BCUT2D eigenvalue weighted by atomic mass is 10.0. The van der Waals surface area contributed by atoms with Crippen molar-refractivity contribution in [1.82, 2.24) is 0 Å². The maximum atomic E-state index is 14.2. The van der Waals surface area contributed by atoms with Crippen molar-refractivity contribution in [3.63, 3.8) is 0 Å². The van der Waals surface area contributed by atoms with Gasteiger partial charge in [0.1, 0.15) is 29.7 Å². The molecule has 5 rings (SSSR count). The molecular formula is C25H17Cl2FO5. The van der Waals surface area contributed by atoms with Crippen molar-refractivity contribution in [3.8, 4) is 17.2 Å². The molecular weight excluding hydrogens is 470 g/mol. The second-order valence-electron chi connectivity index (χ2n) is 7.64. The van der Waals surface area contributed by atoms with Gasteiger partial charge in [-0.2, -0.15) is 0 Å². The van der Waals surface area contributed by atoms with Crippen LogP contribution in [0.1, 0.15) is 32.6 Å². The number of benzene rings is 3. The molecule has 0 spiro atoms. The summed E-state index contributed by atoms with van der Waals surface area (Å²) in [4.78, 5) is 12.9. The van der Waals surface area contributed by atoms with Crippen LogP contribution in [0.25, 0.3) is 6.08 Å². The van der Waals surface area contributed by atoms with E-state index in [1.54, 1.807) is 37.3 Å². The van der Waals surface area contributed by atoms with Gasteiger partial charge < -0.3 is 18.9 Å². The predicted molar refractivity (Wildman–Crippen MR) is 122 cm³/mol. The number of halogens is 3. The molecule has 0 unspecified atom stereocenters. The lowest BCUT2D eigenvalue weighted by Gasteiger charge is -2.21. The highest BCUT2D eigenvalue weighted by atomic mass is 35.5. The quantitative estimate of drug-likeness (QED) is 0.393. The van der Waals surface area contributed by atoms with Crippen LogP contribution in [-0.4, -0.2) is 12.6 Å². The first-order valence-corrected chi connectivity index (χ1v) is 10.8. The van der Waals surface area contributed by atoms with Crippen molar-refractivity contribution in [1.29, 1.82) is 0 Å². The van der Waals surface area contributed by atoms with Gasteiger partial charge >= 0.3 is 0 Å². The zero-order chi connectivity index (χ0) is 23.1. The number of fused-ring (bicyclic) bond motifs is 2. The Morgan fingerprint density at radius 1 is 1.18 bits per heavy atom. The van der Waals surface area contributed by atoms with Crippen LogP contribution >= 0.6 is 23.2 Å². The number of ether oxygens (including phenoxy) is 4. The van der Waals surface area contributed by atoms with Gasteiger partial charge in [0.05, 0.1) is 17.2 Å². The minimum absolute atomic E-state index is 0.00504. The summed E-state index contributed by atoms with van der Waals surface area (Å²) < 4.78 is 36.8. The van der Waals surface area contributed by atoms with Crippen molar-refractivity contribution in [2.75, 3.05) is 6.79 Å². The summed E-state index contributed by atoms with van der Waals surface area (Å²) in [6.07, 6.45) is 1.32. The molecule has 0 saturated carbocycles. The van der Waals surface area contributed by atoms with Crippen molar-refractivity contribution < 1.29 is 28.1 Å². The molecule has 3 aromatic carbocycles. The number of allylic oxidation sites excluding steroid dienone is 1. The van der Waals surface area contributed by atoms with E-state index in [9.17, 15) is 9.18 Å². The molecule has 0 N–H and O–H groups in total. The minimum atomic E-state index is -0.541. The molecule has 0 atom stereocenters. The molecule has 5 nitrogen and oxygen atoms in total. The molecule has 2 heterocycles. The number of hydrogen-bond donors (Lipinski definition) is 0. The smallest absolute Gasteiger partial charge is 0.232 e. The summed E-state index contributed by atoms with van der Waals surface area (Å²) >= 11 is 12.3. The molecule has 0 saturated heterocycles. The van der Waals surface area contributed by atoms with E-state index in [0.29, 0.717) is 40.0 Å². The first kappa shape index (κ1) is 21.8. The highest BCUT2D eigenvalue weighted by molar-refractivity contribution is 6.32. The first-order chi connectivity index (χ1) is 15.9. The second kappa shape index (κ2) is 8.71. The number of carbonyl (C=O) groups excluding carboxylic acids is 1. The monoisotopic (exact) mass is 486 g/mol. The Bertz CT molecular complexity index is 1300. The number of Topliss-reactive ketones (excluding diaryl/α,β-unsaturated/α-hetero) is 1. The largest absolute Gasteiger partial charge is 0.489 e. The van der Waals surface area contributed by atoms with E-state index >= 15 is 0 Å². The fourth-order valence-corrected chi connectivity index (χ4v) is 4.35. The molecule has 0 bridgehead atoms. The Labute approximate surface area is 199 Å². The van der Waals surface area contributed by atoms with Crippen LogP contribution in [-0.2, 0) is 18.0 Å². The standard InChI is InChI=1S/C25H17Cl2FO5/c1-13-5-17(31-11-15-7-16(26)6-14-10-30-12-32-25(14)15)8-21-23(13)24(29)22(33-21)9-18-19(27)3-2-4-20(18)28/h2-9H,10-12H2,1H3/b22-9-. The molecule has 33 heavy (non-hydrogen) atoms. The first-order valence-electron chi connectivity index (χ1n) is 10.1. The van der Waals surface area contributed by atoms with Crippen molar-refractivity contribution in [3.05, 3.63) is 91.9 Å². The van der Waals surface area contributed by atoms with Crippen LogP contribution in [0.2, 0.25) is 10.0 Å². The topological polar surface area (TPSA) is 54.0 Å². The summed E-state index contributed by atoms with van der Waals surface area (Å²) in [6.45, 7) is 2.56. The number of ketones is 1. The van der Waals surface area contributed by atoms with Gasteiger partial charge in [0.15, 0.2) is 12.6 Å². The molecule has 0 amide bonds. The predicted octanol–water partition coefficient (Wildman–Crippen LogP) is 6.50. The summed E-state index contributed by atoms with van der Waals surface area (Å²) in [5.41, 5.74) is 2.81. The molecule has 3 aromatic rings. The third kappa shape index (κ3) is 4.17. The van der Waals surface area contributed by atoms with Crippen LogP contribution in [0.4, 0.5) is 4.39 Å². The van der Waals surface area contributed by atoms with E-state index in [4.69, 9.17) is 42.1 Å². The average Bonchev–Trinajstić information content (AvgIpc) is 3.10. The number of carbonyl (C=O) groups is 1. The molecule has 0 aliphatic carbocycles. The van der Waals surface area contributed by atoms with Crippen LogP contribution in [0.15, 0.2) is 48.2 Å². The maximum Gasteiger partial charge on any atom is 0.232 e. The van der Waals surface area contributed by atoms with Crippen molar-refractivity contribution >= 4 is 35.1 Å². The summed E-state index contributed by atoms with van der Waals surface area (Å²) in [5, 5.41) is 0.746. The third-order valence-corrected chi connectivity index (χ3v) is 5.91. The zero-order valence-corrected chi connectivity index (χ0v) is 18.9. The van der Waals surface area contributed by atoms with Crippen LogP contribution in [0, 0.1) is 12.7 Å². The van der Waals surface area contributed by atoms with Crippen molar-refractivity contribution in [2.24, 2.45) is 0 Å². The normalized spacial score (nSPS) is 15.6. The minimum Gasteiger partial charge on any atom is -0.489 e. The Morgan fingerprint density at radius 3 is 2.85 bits per heavy atom. The van der Waals surface area contributed by atoms with E-state index in [1.807, 2.05) is 0 Å². The number of hydrogen-bond acceptors (Lipinski definition) is 5. The Balaban J connectivity index is 1.41. The lowest BCUT2D eigenvalue weighted by Crippen LogP contribution is -2.14. The molecule has 0 radical (unpaired) electrons. The zero-order valence-electron chi connectivity index (χ0n) is 17.4. The molecule has 0 fully saturated rings. The van der Waals surface area contributed by atoms with Gasteiger partial charge in [0, 0.05) is 27.8 Å². The number of aryl methyl sites for hydroxylation is 1. The van der Waals surface area contributed by atoms with Gasteiger partial charge in [0.2, 0.25) is 5.78 Å².